The third-order valence-electron chi connectivity index (χ3n) is 2.58. The van der Waals surface area contributed by atoms with Crippen LogP contribution in [0, 0.1) is 21.7 Å². The molecule has 1 heterocycles. The third-order valence-corrected chi connectivity index (χ3v) is 2.58. The first-order chi connectivity index (χ1) is 9.93. The molecule has 2 rings (SSSR count). The molecule has 0 saturated heterocycles. The standard InChI is InChI=1S/C11H9F2N5O3/c1-2-7-14-10(17-16-7)11(19)15-9-6(18(20)21)4-3-5(12)8(9)13/h3-4H,2H2,1H3,(H,15,19)(H,14,16,17). The van der Waals surface area contributed by atoms with E-state index in [1.165, 1.54) is 0 Å². The zero-order valence-corrected chi connectivity index (χ0v) is 10.7. The number of aromatic nitrogens is 3. The van der Waals surface area contributed by atoms with Crippen LogP contribution < -0.4 is 5.32 Å². The van der Waals surface area contributed by atoms with Crippen LogP contribution in [0.25, 0.3) is 0 Å². The summed E-state index contributed by atoms with van der Waals surface area (Å²) in [5.41, 5.74) is -1.64. The molecule has 0 aliphatic heterocycles. The molecule has 110 valence electrons. The van der Waals surface area contributed by atoms with Crippen molar-refractivity contribution < 1.29 is 18.5 Å². The summed E-state index contributed by atoms with van der Waals surface area (Å²) in [5.74, 6) is -3.75. The molecule has 0 radical (unpaired) electrons. The minimum Gasteiger partial charge on any atom is -0.311 e. The van der Waals surface area contributed by atoms with Crippen molar-refractivity contribution in [2.75, 3.05) is 5.32 Å². The summed E-state index contributed by atoms with van der Waals surface area (Å²) >= 11 is 0. The molecule has 0 atom stereocenters. The van der Waals surface area contributed by atoms with E-state index in [1.54, 1.807) is 6.92 Å². The van der Waals surface area contributed by atoms with Crippen LogP contribution in [0.4, 0.5) is 20.2 Å². The number of H-pyrrole nitrogens is 1. The zero-order chi connectivity index (χ0) is 15.6. The number of amides is 1. The number of rotatable bonds is 4. The predicted octanol–water partition coefficient (Wildman–Crippen LogP) is 1.81. The van der Waals surface area contributed by atoms with E-state index in [-0.39, 0.29) is 5.82 Å². The molecule has 0 unspecified atom stereocenters. The molecule has 0 aliphatic carbocycles. The lowest BCUT2D eigenvalue weighted by molar-refractivity contribution is -0.384. The molecule has 0 aliphatic rings. The maximum Gasteiger partial charge on any atom is 0.296 e. The number of carbonyl (C=O) groups excluding carboxylic acids is 1. The van der Waals surface area contributed by atoms with Gasteiger partial charge in [0, 0.05) is 12.5 Å². The van der Waals surface area contributed by atoms with Gasteiger partial charge in [-0.1, -0.05) is 6.92 Å². The topological polar surface area (TPSA) is 114 Å². The van der Waals surface area contributed by atoms with Crippen LogP contribution in [0.2, 0.25) is 0 Å². The van der Waals surface area contributed by atoms with Crippen LogP contribution >= 0.6 is 0 Å². The quantitative estimate of drug-likeness (QED) is 0.659. The van der Waals surface area contributed by atoms with Crippen LogP contribution in [0.15, 0.2) is 12.1 Å². The highest BCUT2D eigenvalue weighted by atomic mass is 19.2. The van der Waals surface area contributed by atoms with Crippen molar-refractivity contribution in [1.82, 2.24) is 15.2 Å². The van der Waals surface area contributed by atoms with E-state index < -0.39 is 33.8 Å². The molecule has 0 bridgehead atoms. The van der Waals surface area contributed by atoms with E-state index >= 15 is 0 Å². The van der Waals surface area contributed by atoms with Gasteiger partial charge < -0.3 is 5.32 Å². The number of carbonyl (C=O) groups is 1. The van der Waals surface area contributed by atoms with Crippen LogP contribution in [-0.4, -0.2) is 26.0 Å². The first-order valence-corrected chi connectivity index (χ1v) is 5.79. The molecule has 1 aromatic heterocycles. The summed E-state index contributed by atoms with van der Waals surface area (Å²) < 4.78 is 26.8. The van der Waals surface area contributed by atoms with Gasteiger partial charge in [0.25, 0.3) is 11.6 Å². The van der Waals surface area contributed by atoms with Gasteiger partial charge in [-0.05, 0) is 6.07 Å². The Morgan fingerprint density at radius 1 is 1.48 bits per heavy atom. The second-order valence-corrected chi connectivity index (χ2v) is 3.93. The first-order valence-electron chi connectivity index (χ1n) is 5.79. The Kier molecular flexibility index (Phi) is 3.87. The summed E-state index contributed by atoms with van der Waals surface area (Å²) in [6.07, 6.45) is 0.481. The van der Waals surface area contributed by atoms with Gasteiger partial charge >= 0.3 is 0 Å². The SMILES string of the molecule is CCc1nc(C(=O)Nc2c([N+](=O)[O-])ccc(F)c2F)n[nH]1. The maximum atomic E-state index is 13.6. The van der Waals surface area contributed by atoms with E-state index in [0.29, 0.717) is 18.3 Å². The Hall–Kier alpha value is -2.91. The first kappa shape index (κ1) is 14.5. The Labute approximate surface area is 116 Å². The van der Waals surface area contributed by atoms with Crippen LogP contribution in [0.3, 0.4) is 0 Å². The molecule has 2 N–H and O–H groups in total. The molecular formula is C11H9F2N5O3. The van der Waals surface area contributed by atoms with Gasteiger partial charge in [-0.3, -0.25) is 20.0 Å². The van der Waals surface area contributed by atoms with Crippen molar-refractivity contribution in [3.05, 3.63) is 45.5 Å². The lowest BCUT2D eigenvalue weighted by atomic mass is 10.2. The lowest BCUT2D eigenvalue weighted by Gasteiger charge is -2.05. The van der Waals surface area contributed by atoms with Crippen molar-refractivity contribution in [2.24, 2.45) is 0 Å². The molecule has 8 nitrogen and oxygen atoms in total. The Morgan fingerprint density at radius 2 is 2.19 bits per heavy atom. The second kappa shape index (κ2) is 5.61. The number of nitro benzene ring substituents is 1. The minimum absolute atomic E-state index is 0.329. The van der Waals surface area contributed by atoms with Crippen molar-refractivity contribution in [3.8, 4) is 0 Å². The summed E-state index contributed by atoms with van der Waals surface area (Å²) in [7, 11) is 0. The number of hydrogen-bond acceptors (Lipinski definition) is 5. The Morgan fingerprint density at radius 3 is 2.76 bits per heavy atom. The average molecular weight is 297 g/mol. The molecule has 21 heavy (non-hydrogen) atoms. The zero-order valence-electron chi connectivity index (χ0n) is 10.7. The van der Waals surface area contributed by atoms with Gasteiger partial charge in [-0.15, -0.1) is 5.10 Å². The number of aromatic amines is 1. The van der Waals surface area contributed by atoms with Crippen LogP contribution in [-0.2, 0) is 6.42 Å². The highest BCUT2D eigenvalue weighted by Gasteiger charge is 2.25. The number of halogens is 2. The molecular weight excluding hydrogens is 288 g/mol. The van der Waals surface area contributed by atoms with Crippen LogP contribution in [0.5, 0.6) is 0 Å². The van der Waals surface area contributed by atoms with E-state index in [2.05, 4.69) is 15.2 Å². The van der Waals surface area contributed by atoms with E-state index in [9.17, 15) is 23.7 Å². The van der Waals surface area contributed by atoms with E-state index in [0.717, 1.165) is 6.07 Å². The second-order valence-electron chi connectivity index (χ2n) is 3.93. The fourth-order valence-electron chi connectivity index (χ4n) is 1.54. The monoisotopic (exact) mass is 297 g/mol. The van der Waals surface area contributed by atoms with Crippen LogP contribution in [0.1, 0.15) is 23.4 Å². The molecule has 2 aromatic rings. The largest absolute Gasteiger partial charge is 0.311 e. The molecule has 1 aromatic carbocycles. The average Bonchev–Trinajstić information content (AvgIpc) is 2.92. The fraction of sp³-hybridized carbons (Fsp3) is 0.182. The molecule has 0 spiro atoms. The highest BCUT2D eigenvalue weighted by Crippen LogP contribution is 2.29. The van der Waals surface area contributed by atoms with Gasteiger partial charge in [-0.2, -0.15) is 0 Å². The van der Waals surface area contributed by atoms with Gasteiger partial charge in [0.05, 0.1) is 4.92 Å². The number of hydrogen-bond donors (Lipinski definition) is 2. The smallest absolute Gasteiger partial charge is 0.296 e. The van der Waals surface area contributed by atoms with Gasteiger partial charge in [0.2, 0.25) is 5.82 Å². The molecule has 10 heteroatoms. The summed E-state index contributed by atoms with van der Waals surface area (Å²) in [6.45, 7) is 1.76. The minimum atomic E-state index is -1.52. The predicted molar refractivity (Wildman–Crippen MR) is 66.7 cm³/mol. The number of nitrogens with zero attached hydrogens (tertiary/aromatic N) is 3. The number of benzene rings is 1. The fourth-order valence-corrected chi connectivity index (χ4v) is 1.54. The van der Waals surface area contributed by atoms with E-state index in [4.69, 9.17) is 0 Å². The van der Waals surface area contributed by atoms with Gasteiger partial charge in [0.15, 0.2) is 17.3 Å². The van der Waals surface area contributed by atoms with Crippen molar-refractivity contribution in [3.63, 3.8) is 0 Å². The van der Waals surface area contributed by atoms with E-state index in [1.807, 2.05) is 5.32 Å². The van der Waals surface area contributed by atoms with Crippen molar-refractivity contribution in [2.45, 2.75) is 13.3 Å². The maximum absolute atomic E-state index is 13.6. The number of nitrogens with one attached hydrogen (secondary N) is 2. The summed E-state index contributed by atoms with van der Waals surface area (Å²) in [5, 5.41) is 18.7. The number of anilines is 1. The van der Waals surface area contributed by atoms with Crippen molar-refractivity contribution in [1.29, 1.82) is 0 Å². The number of aryl methyl sites for hydroxylation is 1. The third kappa shape index (κ3) is 2.83. The normalized spacial score (nSPS) is 10.4. The highest BCUT2D eigenvalue weighted by molar-refractivity contribution is 6.02. The molecule has 0 fully saturated rings. The van der Waals surface area contributed by atoms with Gasteiger partial charge in [0.1, 0.15) is 5.82 Å². The Bertz CT molecular complexity index is 716. The molecule has 0 saturated carbocycles. The molecule has 1 amide bonds. The van der Waals surface area contributed by atoms with Crippen molar-refractivity contribution >= 4 is 17.3 Å². The summed E-state index contributed by atoms with van der Waals surface area (Å²) in [6, 6.07) is 1.36. The van der Waals surface area contributed by atoms with Gasteiger partial charge in [-0.25, -0.2) is 13.8 Å². The lowest BCUT2D eigenvalue weighted by Crippen LogP contribution is -2.16. The summed E-state index contributed by atoms with van der Waals surface area (Å²) in [4.78, 5) is 25.4. The Balaban J connectivity index is 2.36. The number of nitro groups is 1.